The van der Waals surface area contributed by atoms with Crippen molar-refractivity contribution in [1.82, 2.24) is 19.4 Å². The zero-order chi connectivity index (χ0) is 21.9. The minimum absolute atomic E-state index is 0.140. The van der Waals surface area contributed by atoms with Gasteiger partial charge >= 0.3 is 0 Å². The van der Waals surface area contributed by atoms with Crippen LogP contribution in [0.2, 0.25) is 0 Å². The number of carbonyl (C=O) groups excluding carboxylic acids is 1. The summed E-state index contributed by atoms with van der Waals surface area (Å²) in [7, 11) is 1.66. The number of amides is 1. The van der Waals surface area contributed by atoms with Crippen LogP contribution in [0.3, 0.4) is 0 Å². The van der Waals surface area contributed by atoms with Crippen LogP contribution < -0.4 is 10.5 Å². The largest absolute Gasteiger partial charge is 0.484 e. The van der Waals surface area contributed by atoms with Crippen LogP contribution >= 0.6 is 11.3 Å². The minimum Gasteiger partial charge on any atom is -0.484 e. The van der Waals surface area contributed by atoms with Crippen molar-refractivity contribution in [2.75, 3.05) is 20.3 Å². The number of fused-ring (bicyclic) bond motifs is 2. The third kappa shape index (κ3) is 2.79. The van der Waals surface area contributed by atoms with E-state index in [4.69, 9.17) is 25.2 Å². The summed E-state index contributed by atoms with van der Waals surface area (Å²) < 4.78 is 14.1. The number of ether oxygens (including phenoxy) is 2. The highest BCUT2D eigenvalue weighted by Crippen LogP contribution is 2.51. The van der Waals surface area contributed by atoms with E-state index in [1.165, 1.54) is 16.2 Å². The topological polar surface area (TPSA) is 108 Å². The lowest BCUT2D eigenvalue weighted by Gasteiger charge is -2.46. The fraction of sp³-hybridized carbons (Fsp3) is 0.364. The van der Waals surface area contributed by atoms with Crippen LogP contribution in [0.1, 0.15) is 24.8 Å². The number of thiazole rings is 1. The number of hydrogen-bond acceptors (Lipinski definition) is 8. The molecule has 0 aliphatic carbocycles. The fourth-order valence-corrected chi connectivity index (χ4v) is 5.64. The highest BCUT2D eigenvalue weighted by atomic mass is 32.1. The predicted molar refractivity (Wildman–Crippen MR) is 119 cm³/mol. The molecule has 0 radical (unpaired) electrons. The first-order valence-electron chi connectivity index (χ1n) is 10.5. The van der Waals surface area contributed by atoms with E-state index < -0.39 is 11.1 Å². The quantitative estimate of drug-likeness (QED) is 0.642. The van der Waals surface area contributed by atoms with E-state index in [0.717, 1.165) is 34.8 Å². The van der Waals surface area contributed by atoms with Gasteiger partial charge in [-0.25, -0.2) is 15.0 Å². The average Bonchev–Trinajstić information content (AvgIpc) is 3.53. The lowest BCUT2D eigenvalue weighted by molar-refractivity contribution is -0.139. The first-order valence-corrected chi connectivity index (χ1v) is 11.4. The Morgan fingerprint density at radius 2 is 2.22 bits per heavy atom. The van der Waals surface area contributed by atoms with Gasteiger partial charge in [-0.3, -0.25) is 14.3 Å². The number of rotatable bonds is 2. The summed E-state index contributed by atoms with van der Waals surface area (Å²) in [6.07, 6.45) is 7.38. The van der Waals surface area contributed by atoms with Gasteiger partial charge in [0.05, 0.1) is 12.3 Å². The van der Waals surface area contributed by atoms with Crippen molar-refractivity contribution in [3.63, 3.8) is 0 Å². The molecule has 2 aromatic heterocycles. The van der Waals surface area contributed by atoms with Gasteiger partial charge in [0.1, 0.15) is 17.7 Å². The fourth-order valence-electron chi connectivity index (χ4n) is 4.86. The van der Waals surface area contributed by atoms with Crippen molar-refractivity contribution in [3.8, 4) is 22.1 Å². The van der Waals surface area contributed by atoms with Crippen LogP contribution in [0.15, 0.2) is 47.3 Å². The maximum absolute atomic E-state index is 13.5. The number of aliphatic imine (C=N–C) groups is 1. The minimum atomic E-state index is -1.12. The number of nitrogens with zero attached hydrogens (tertiary/aromatic N) is 5. The molecule has 3 aliphatic rings. The summed E-state index contributed by atoms with van der Waals surface area (Å²) in [5.74, 6) is 0.728. The highest BCUT2D eigenvalue weighted by Gasteiger charge is 2.58. The van der Waals surface area contributed by atoms with Gasteiger partial charge < -0.3 is 15.2 Å². The molecule has 32 heavy (non-hydrogen) atoms. The van der Waals surface area contributed by atoms with Gasteiger partial charge in [0.25, 0.3) is 5.91 Å². The molecule has 9 nitrogen and oxygen atoms in total. The number of nitrogens with two attached hydrogens (primary N) is 1. The van der Waals surface area contributed by atoms with E-state index in [0.29, 0.717) is 25.4 Å². The maximum atomic E-state index is 13.5. The summed E-state index contributed by atoms with van der Waals surface area (Å²) >= 11 is 1.52. The number of hydrogen-bond donors (Lipinski definition) is 1. The molecule has 2 spiro atoms. The van der Waals surface area contributed by atoms with Gasteiger partial charge in [0, 0.05) is 49.0 Å². The van der Waals surface area contributed by atoms with Crippen molar-refractivity contribution in [1.29, 1.82) is 0 Å². The molecule has 3 aliphatic heterocycles. The number of imidazole rings is 1. The standard InChI is InChI=1S/C22H22N6O3S/c1-27-18(29)22(26-19(27)23)11-21(5-2-8-30-12-21)31-17-4-3-14(9-15(17)22)16-10-32-20(25-16)28-7-6-24-13-28/h3-4,6-7,9-10,13H,2,5,8,11-12H2,1H3,(H2,23,26). The summed E-state index contributed by atoms with van der Waals surface area (Å²) in [5, 5.41) is 2.81. The molecule has 2 N–H and O–H groups in total. The Kier molecular flexibility index (Phi) is 4.18. The number of likely N-dealkylation sites (N-methyl/N-ethyl adjacent to an activating group) is 1. The maximum Gasteiger partial charge on any atom is 0.261 e. The average molecular weight is 451 g/mol. The Balaban J connectivity index is 1.47. The van der Waals surface area contributed by atoms with Crippen LogP contribution in [0.25, 0.3) is 16.4 Å². The smallest absolute Gasteiger partial charge is 0.261 e. The van der Waals surface area contributed by atoms with E-state index in [-0.39, 0.29) is 11.9 Å². The molecule has 1 fully saturated rings. The Morgan fingerprint density at radius 1 is 1.31 bits per heavy atom. The molecular formula is C22H22N6O3S. The number of aromatic nitrogens is 3. The van der Waals surface area contributed by atoms with E-state index >= 15 is 0 Å². The zero-order valence-corrected chi connectivity index (χ0v) is 18.3. The molecule has 2 atom stereocenters. The van der Waals surface area contributed by atoms with Crippen molar-refractivity contribution < 1.29 is 14.3 Å². The van der Waals surface area contributed by atoms with E-state index in [2.05, 4.69) is 4.98 Å². The Labute approximate surface area is 188 Å². The molecule has 164 valence electrons. The summed E-state index contributed by atoms with van der Waals surface area (Å²) in [4.78, 5) is 28.5. The first kappa shape index (κ1) is 19.4. The van der Waals surface area contributed by atoms with Gasteiger partial charge in [0.2, 0.25) is 0 Å². The Bertz CT molecular complexity index is 1230. The molecular weight excluding hydrogens is 428 g/mol. The summed E-state index contributed by atoms with van der Waals surface area (Å²) in [6, 6.07) is 5.85. The van der Waals surface area contributed by atoms with E-state index in [1.807, 2.05) is 34.3 Å². The van der Waals surface area contributed by atoms with E-state index in [1.54, 1.807) is 19.6 Å². The number of carbonyl (C=O) groups is 1. The van der Waals surface area contributed by atoms with Crippen molar-refractivity contribution in [3.05, 3.63) is 47.9 Å². The number of guanidine groups is 1. The first-order chi connectivity index (χ1) is 15.5. The van der Waals surface area contributed by atoms with Gasteiger partial charge in [-0.05, 0) is 31.0 Å². The Hall–Kier alpha value is -3.24. The van der Waals surface area contributed by atoms with Crippen LogP contribution in [0.4, 0.5) is 0 Å². The molecule has 0 bridgehead atoms. The van der Waals surface area contributed by atoms with Crippen LogP contribution in [0, 0.1) is 0 Å². The normalized spacial score (nSPS) is 27.0. The lowest BCUT2D eigenvalue weighted by atomic mass is 9.74. The van der Waals surface area contributed by atoms with E-state index in [9.17, 15) is 4.79 Å². The molecule has 10 heteroatoms. The van der Waals surface area contributed by atoms with Gasteiger partial charge in [-0.15, -0.1) is 11.3 Å². The third-order valence-electron chi connectivity index (χ3n) is 6.44. The van der Waals surface area contributed by atoms with Crippen molar-refractivity contribution >= 4 is 23.2 Å². The summed E-state index contributed by atoms with van der Waals surface area (Å²) in [5.41, 5.74) is 6.84. The molecule has 1 amide bonds. The zero-order valence-electron chi connectivity index (χ0n) is 17.5. The molecule has 6 rings (SSSR count). The van der Waals surface area contributed by atoms with Gasteiger partial charge in [-0.1, -0.05) is 0 Å². The molecule has 5 heterocycles. The monoisotopic (exact) mass is 450 g/mol. The molecule has 0 saturated carbocycles. The number of benzene rings is 1. The SMILES string of the molecule is CN1C(=O)C2(CC3(CCCOC3)Oc3ccc(-c4csc(-n5ccnc5)n4)cc32)N=C1N. The van der Waals surface area contributed by atoms with Gasteiger partial charge in [0.15, 0.2) is 16.6 Å². The molecule has 1 saturated heterocycles. The lowest BCUT2D eigenvalue weighted by Crippen LogP contribution is -2.55. The second-order valence-corrected chi connectivity index (χ2v) is 9.35. The third-order valence-corrected chi connectivity index (χ3v) is 7.29. The Morgan fingerprint density at radius 3 is 2.94 bits per heavy atom. The van der Waals surface area contributed by atoms with Crippen molar-refractivity contribution in [2.24, 2.45) is 10.7 Å². The molecule has 2 unspecified atom stereocenters. The van der Waals surface area contributed by atoms with Crippen LogP contribution in [-0.4, -0.2) is 57.2 Å². The van der Waals surface area contributed by atoms with Crippen LogP contribution in [-0.2, 0) is 15.1 Å². The van der Waals surface area contributed by atoms with Gasteiger partial charge in [-0.2, -0.15) is 0 Å². The molecule has 1 aromatic carbocycles. The predicted octanol–water partition coefficient (Wildman–Crippen LogP) is 2.31. The summed E-state index contributed by atoms with van der Waals surface area (Å²) in [6.45, 7) is 1.13. The highest BCUT2D eigenvalue weighted by molar-refractivity contribution is 7.12. The second kappa shape index (κ2) is 6.88. The van der Waals surface area contributed by atoms with Crippen molar-refractivity contribution in [2.45, 2.75) is 30.4 Å². The molecule has 3 aromatic rings. The second-order valence-electron chi connectivity index (χ2n) is 8.51. The van der Waals surface area contributed by atoms with Crippen LogP contribution in [0.5, 0.6) is 5.75 Å².